The third-order valence-corrected chi connectivity index (χ3v) is 5.25. The normalized spacial score (nSPS) is 14.5. The number of aliphatic hydroxyl groups excluding tert-OH is 1. The van der Waals surface area contributed by atoms with E-state index in [1.54, 1.807) is 12.1 Å². The molecule has 2 heterocycles. The second-order valence-electron chi connectivity index (χ2n) is 6.17. The van der Waals surface area contributed by atoms with Crippen molar-refractivity contribution >= 4 is 17.6 Å². The molecule has 0 spiro atoms. The van der Waals surface area contributed by atoms with Crippen LogP contribution in [0.25, 0.3) is 11.1 Å². The van der Waals surface area contributed by atoms with E-state index >= 15 is 0 Å². The summed E-state index contributed by atoms with van der Waals surface area (Å²) < 4.78 is 10.8. The number of aliphatic hydroxyl groups is 1. The first-order valence-corrected chi connectivity index (χ1v) is 9.52. The van der Waals surface area contributed by atoms with Crippen LogP contribution in [0.1, 0.15) is 24.0 Å². The van der Waals surface area contributed by atoms with Crippen molar-refractivity contribution in [3.05, 3.63) is 29.3 Å². The smallest absolute Gasteiger partial charge is 0.231 e. The Morgan fingerprint density at radius 1 is 1.19 bits per heavy atom. The van der Waals surface area contributed by atoms with Crippen LogP contribution in [0.4, 0.5) is 5.82 Å². The van der Waals surface area contributed by atoms with Crippen molar-refractivity contribution in [3.8, 4) is 34.8 Å². The zero-order chi connectivity index (χ0) is 18.8. The highest BCUT2D eigenvalue weighted by atomic mass is 32.2. The number of pyridine rings is 1. The zero-order valence-corrected chi connectivity index (χ0v) is 15.2. The van der Waals surface area contributed by atoms with E-state index in [9.17, 15) is 15.6 Å². The molecule has 1 saturated carbocycles. The molecule has 8 heteroatoms. The molecule has 1 aromatic heterocycles. The van der Waals surface area contributed by atoms with Crippen molar-refractivity contribution < 1.29 is 14.6 Å². The van der Waals surface area contributed by atoms with Crippen LogP contribution in [0.5, 0.6) is 11.5 Å². The van der Waals surface area contributed by atoms with Gasteiger partial charge in [0, 0.05) is 17.4 Å². The summed E-state index contributed by atoms with van der Waals surface area (Å²) >= 11 is 1.30. The van der Waals surface area contributed by atoms with Crippen LogP contribution in [0.2, 0.25) is 0 Å². The van der Waals surface area contributed by atoms with Gasteiger partial charge in [0.25, 0.3) is 0 Å². The van der Waals surface area contributed by atoms with Crippen LogP contribution < -0.4 is 14.8 Å². The molecule has 2 aliphatic rings. The molecule has 2 N–H and O–H groups in total. The Labute approximate surface area is 160 Å². The van der Waals surface area contributed by atoms with Gasteiger partial charge in [-0.1, -0.05) is 6.07 Å². The molecule has 0 amide bonds. The van der Waals surface area contributed by atoms with Gasteiger partial charge in [0.05, 0.1) is 12.2 Å². The van der Waals surface area contributed by atoms with Gasteiger partial charge in [-0.15, -0.1) is 11.8 Å². The van der Waals surface area contributed by atoms with Crippen LogP contribution in [0, 0.1) is 22.7 Å². The monoisotopic (exact) mass is 380 g/mol. The number of nitrogens with zero attached hydrogens (tertiary/aromatic N) is 3. The molecule has 0 atom stereocenters. The molecule has 0 unspecified atom stereocenters. The second-order valence-corrected chi connectivity index (χ2v) is 7.26. The highest BCUT2D eigenvalue weighted by molar-refractivity contribution is 7.99. The number of thioether (sulfide) groups is 1. The largest absolute Gasteiger partial charge is 0.454 e. The maximum Gasteiger partial charge on any atom is 0.231 e. The number of anilines is 1. The van der Waals surface area contributed by atoms with Gasteiger partial charge in [0.1, 0.15) is 28.5 Å². The molecular formula is C19H16N4O3S. The molecule has 0 bridgehead atoms. The third kappa shape index (κ3) is 3.37. The minimum Gasteiger partial charge on any atom is -0.454 e. The summed E-state index contributed by atoms with van der Waals surface area (Å²) in [6.07, 6.45) is 2.07. The lowest BCUT2D eigenvalue weighted by Crippen LogP contribution is -2.09. The molecule has 0 saturated heterocycles. The average molecular weight is 380 g/mol. The summed E-state index contributed by atoms with van der Waals surface area (Å²) in [7, 11) is 0. The number of aromatic nitrogens is 1. The highest BCUT2D eigenvalue weighted by Gasteiger charge is 2.27. The number of fused-ring (bicyclic) bond motifs is 1. The Bertz CT molecular complexity index is 976. The molecule has 0 radical (unpaired) electrons. The van der Waals surface area contributed by atoms with Crippen molar-refractivity contribution in [2.75, 3.05) is 24.5 Å². The van der Waals surface area contributed by atoms with E-state index in [0.29, 0.717) is 56.4 Å². The van der Waals surface area contributed by atoms with E-state index in [4.69, 9.17) is 9.47 Å². The van der Waals surface area contributed by atoms with E-state index in [1.165, 1.54) is 11.8 Å². The first-order valence-electron chi connectivity index (χ1n) is 8.53. The highest BCUT2D eigenvalue weighted by Crippen LogP contribution is 2.41. The first-order chi connectivity index (χ1) is 13.2. The minimum absolute atomic E-state index is 0.0258. The predicted octanol–water partition coefficient (Wildman–Crippen LogP) is 2.88. The number of ether oxygens (including phenoxy) is 2. The molecular weight excluding hydrogens is 364 g/mol. The summed E-state index contributed by atoms with van der Waals surface area (Å²) in [6.45, 7) is 0.124. The van der Waals surface area contributed by atoms with E-state index in [2.05, 4.69) is 22.4 Å². The van der Waals surface area contributed by atoms with E-state index in [-0.39, 0.29) is 13.4 Å². The number of rotatable bonds is 6. The summed E-state index contributed by atoms with van der Waals surface area (Å²) in [5.41, 5.74) is 1.88. The number of hydrogen-bond acceptors (Lipinski definition) is 8. The second kappa shape index (κ2) is 7.36. The van der Waals surface area contributed by atoms with E-state index < -0.39 is 0 Å². The summed E-state index contributed by atoms with van der Waals surface area (Å²) in [6, 6.07) is 10.1. The maximum absolute atomic E-state index is 9.83. The number of benzene rings is 1. The van der Waals surface area contributed by atoms with Gasteiger partial charge in [-0.2, -0.15) is 10.5 Å². The van der Waals surface area contributed by atoms with Crippen molar-refractivity contribution in [2.45, 2.75) is 23.9 Å². The Balaban J connectivity index is 1.91. The Kier molecular flexibility index (Phi) is 4.76. The molecule has 2 aromatic rings. The van der Waals surface area contributed by atoms with Crippen LogP contribution in [-0.2, 0) is 0 Å². The fourth-order valence-electron chi connectivity index (χ4n) is 2.89. The third-order valence-electron chi connectivity index (χ3n) is 4.30. The Hall–Kier alpha value is -2.94. The summed E-state index contributed by atoms with van der Waals surface area (Å²) in [5.74, 6) is 2.11. The number of hydrogen-bond donors (Lipinski definition) is 2. The van der Waals surface area contributed by atoms with Crippen molar-refractivity contribution in [1.82, 2.24) is 4.98 Å². The lowest BCUT2D eigenvalue weighted by atomic mass is 9.96. The number of nitrogens with one attached hydrogen (secondary N) is 1. The SMILES string of the molecule is N#Cc1c(NC2CC2)nc(SCCO)c(C#N)c1-c1ccc2c(c1)OCO2. The van der Waals surface area contributed by atoms with Crippen LogP contribution in [0.3, 0.4) is 0 Å². The van der Waals surface area contributed by atoms with Gasteiger partial charge in [0.15, 0.2) is 11.5 Å². The maximum atomic E-state index is 9.83. The van der Waals surface area contributed by atoms with Gasteiger partial charge in [-0.3, -0.25) is 0 Å². The molecule has 4 rings (SSSR count). The number of nitriles is 2. The Morgan fingerprint density at radius 3 is 2.67 bits per heavy atom. The van der Waals surface area contributed by atoms with Crippen LogP contribution in [-0.4, -0.2) is 35.3 Å². The molecule has 1 aromatic carbocycles. The molecule has 27 heavy (non-hydrogen) atoms. The van der Waals surface area contributed by atoms with E-state index in [1.807, 2.05) is 6.07 Å². The molecule has 136 valence electrons. The van der Waals surface area contributed by atoms with Crippen molar-refractivity contribution in [1.29, 1.82) is 10.5 Å². The van der Waals surface area contributed by atoms with Gasteiger partial charge in [-0.05, 0) is 30.5 Å². The lowest BCUT2D eigenvalue weighted by molar-refractivity contribution is 0.174. The van der Waals surface area contributed by atoms with Gasteiger partial charge < -0.3 is 19.9 Å². The topological polar surface area (TPSA) is 111 Å². The summed E-state index contributed by atoms with van der Waals surface area (Å²) in [5, 5.41) is 32.6. The van der Waals surface area contributed by atoms with Crippen LogP contribution >= 0.6 is 11.8 Å². The first kappa shape index (κ1) is 17.5. The van der Waals surface area contributed by atoms with Gasteiger partial charge >= 0.3 is 0 Å². The zero-order valence-electron chi connectivity index (χ0n) is 14.4. The lowest BCUT2D eigenvalue weighted by Gasteiger charge is -2.16. The predicted molar refractivity (Wildman–Crippen MR) is 99.7 cm³/mol. The molecule has 1 aliphatic heterocycles. The van der Waals surface area contributed by atoms with E-state index in [0.717, 1.165) is 12.8 Å². The quantitative estimate of drug-likeness (QED) is 0.736. The van der Waals surface area contributed by atoms with Crippen molar-refractivity contribution in [2.24, 2.45) is 0 Å². The van der Waals surface area contributed by atoms with Crippen LogP contribution in [0.15, 0.2) is 23.2 Å². The van der Waals surface area contributed by atoms with Gasteiger partial charge in [-0.25, -0.2) is 4.98 Å². The Morgan fingerprint density at radius 2 is 1.96 bits per heavy atom. The fourth-order valence-corrected chi connectivity index (χ4v) is 3.62. The molecule has 1 fully saturated rings. The van der Waals surface area contributed by atoms with Crippen molar-refractivity contribution in [3.63, 3.8) is 0 Å². The fraction of sp³-hybridized carbons (Fsp3) is 0.316. The molecule has 1 aliphatic carbocycles. The minimum atomic E-state index is -0.0258. The standard InChI is InChI=1S/C19H16N4O3S/c20-8-13-17(11-1-4-15-16(7-11)26-10-25-15)14(9-21)19(27-6-5-24)23-18(13)22-12-2-3-12/h1,4,7,12,24H,2-3,5-6,10H2,(H,22,23). The summed E-state index contributed by atoms with van der Waals surface area (Å²) in [4.78, 5) is 4.53. The molecule has 7 nitrogen and oxygen atoms in total. The average Bonchev–Trinajstić information content (AvgIpc) is 3.38. The van der Waals surface area contributed by atoms with Gasteiger partial charge in [0.2, 0.25) is 6.79 Å².